The molecule has 0 unspecified atom stereocenters. The third-order valence-electron chi connectivity index (χ3n) is 4.19. The predicted molar refractivity (Wildman–Crippen MR) is 88.3 cm³/mol. The number of nitro groups is 1. The lowest BCUT2D eigenvalue weighted by Gasteiger charge is -2.37. The fourth-order valence-electron chi connectivity index (χ4n) is 2.80. The number of nitrogens with one attached hydrogen (secondary N) is 1. The molecular weight excluding hydrogens is 320 g/mol. The summed E-state index contributed by atoms with van der Waals surface area (Å²) in [6.07, 6.45) is 1.99. The normalized spacial score (nSPS) is 19.1. The Labute approximate surface area is 136 Å². The highest BCUT2D eigenvalue weighted by Crippen LogP contribution is 2.33. The smallest absolute Gasteiger partial charge is 0.293 e. The number of nitrogens with zero attached hydrogens (tertiary/aromatic N) is 3. The van der Waals surface area contributed by atoms with Crippen LogP contribution in [-0.2, 0) is 10.0 Å². The van der Waals surface area contributed by atoms with Gasteiger partial charge < -0.3 is 9.80 Å². The standard InChI is InChI=1S/C14H22N4O4S/c1-15-23(21,22)12-6-7-13(14(9-12)18(19)20)17-8-4-5-11(10-17)16(2)3/h6-7,9,11,15H,4-5,8,10H2,1-3H3/t11-/m1/s1. The molecule has 1 aliphatic heterocycles. The first-order valence-electron chi connectivity index (χ1n) is 7.39. The number of nitro benzene ring substituents is 1. The summed E-state index contributed by atoms with van der Waals surface area (Å²) in [6, 6.07) is 4.39. The Kier molecular flexibility index (Phi) is 5.23. The lowest BCUT2D eigenvalue weighted by atomic mass is 10.0. The van der Waals surface area contributed by atoms with Gasteiger partial charge in [0.1, 0.15) is 5.69 Å². The van der Waals surface area contributed by atoms with Crippen molar-refractivity contribution >= 4 is 21.4 Å². The van der Waals surface area contributed by atoms with Crippen molar-refractivity contribution in [2.45, 2.75) is 23.8 Å². The van der Waals surface area contributed by atoms with Crippen LogP contribution in [0, 0.1) is 10.1 Å². The highest BCUT2D eigenvalue weighted by atomic mass is 32.2. The minimum absolute atomic E-state index is 0.100. The second kappa shape index (κ2) is 6.81. The summed E-state index contributed by atoms with van der Waals surface area (Å²) in [5, 5.41) is 11.4. The maximum atomic E-state index is 11.9. The summed E-state index contributed by atoms with van der Waals surface area (Å²) in [7, 11) is 1.55. The van der Waals surface area contributed by atoms with Crippen LogP contribution >= 0.6 is 0 Å². The molecule has 1 aromatic rings. The third-order valence-corrected chi connectivity index (χ3v) is 5.60. The van der Waals surface area contributed by atoms with Gasteiger partial charge in [-0.05, 0) is 46.1 Å². The quantitative estimate of drug-likeness (QED) is 0.634. The number of anilines is 1. The Morgan fingerprint density at radius 2 is 2.09 bits per heavy atom. The van der Waals surface area contributed by atoms with Crippen LogP contribution in [-0.4, -0.2) is 58.5 Å². The Morgan fingerprint density at radius 1 is 1.39 bits per heavy atom. The van der Waals surface area contributed by atoms with Crippen LogP contribution < -0.4 is 9.62 Å². The Bertz CT molecular complexity index is 690. The zero-order chi connectivity index (χ0) is 17.2. The van der Waals surface area contributed by atoms with Crippen molar-refractivity contribution in [3.05, 3.63) is 28.3 Å². The van der Waals surface area contributed by atoms with E-state index in [2.05, 4.69) is 9.62 Å². The first-order valence-corrected chi connectivity index (χ1v) is 8.88. The molecule has 0 saturated carbocycles. The van der Waals surface area contributed by atoms with Gasteiger partial charge in [0, 0.05) is 25.2 Å². The second-order valence-corrected chi connectivity index (χ2v) is 7.71. The molecule has 1 saturated heterocycles. The fraction of sp³-hybridized carbons (Fsp3) is 0.571. The van der Waals surface area contributed by atoms with Crippen LogP contribution in [0.2, 0.25) is 0 Å². The van der Waals surface area contributed by atoms with E-state index in [1.165, 1.54) is 19.2 Å². The van der Waals surface area contributed by atoms with Crippen molar-refractivity contribution < 1.29 is 13.3 Å². The summed E-state index contributed by atoms with van der Waals surface area (Å²) >= 11 is 0. The summed E-state index contributed by atoms with van der Waals surface area (Å²) in [5.74, 6) is 0. The minimum atomic E-state index is -3.71. The molecule has 1 heterocycles. The highest BCUT2D eigenvalue weighted by molar-refractivity contribution is 7.89. The molecule has 2 rings (SSSR count). The maximum Gasteiger partial charge on any atom is 0.293 e. The summed E-state index contributed by atoms with van der Waals surface area (Å²) < 4.78 is 25.9. The van der Waals surface area contributed by atoms with E-state index < -0.39 is 14.9 Å². The molecular formula is C14H22N4O4S. The molecule has 0 aliphatic carbocycles. The van der Waals surface area contributed by atoms with Crippen LogP contribution in [0.3, 0.4) is 0 Å². The van der Waals surface area contributed by atoms with Crippen LogP contribution in [0.25, 0.3) is 0 Å². The number of sulfonamides is 1. The molecule has 1 aliphatic rings. The van der Waals surface area contributed by atoms with Gasteiger partial charge in [0.15, 0.2) is 0 Å². The van der Waals surface area contributed by atoms with Crippen LogP contribution in [0.1, 0.15) is 12.8 Å². The summed E-state index contributed by atoms with van der Waals surface area (Å²) in [5.41, 5.74) is 0.289. The lowest BCUT2D eigenvalue weighted by molar-refractivity contribution is -0.384. The maximum absolute atomic E-state index is 11.9. The molecule has 0 radical (unpaired) electrons. The molecule has 23 heavy (non-hydrogen) atoms. The van der Waals surface area contributed by atoms with Crippen molar-refractivity contribution in [2.75, 3.05) is 39.1 Å². The Balaban J connectivity index is 2.41. The van der Waals surface area contributed by atoms with Crippen LogP contribution in [0.5, 0.6) is 0 Å². The largest absolute Gasteiger partial charge is 0.364 e. The van der Waals surface area contributed by atoms with E-state index >= 15 is 0 Å². The first-order chi connectivity index (χ1) is 10.8. The molecule has 0 aromatic heterocycles. The van der Waals surface area contributed by atoms with E-state index in [4.69, 9.17) is 0 Å². The van der Waals surface area contributed by atoms with Crippen molar-refractivity contribution in [3.8, 4) is 0 Å². The first kappa shape index (κ1) is 17.6. The highest BCUT2D eigenvalue weighted by Gasteiger charge is 2.28. The lowest BCUT2D eigenvalue weighted by Crippen LogP contribution is -2.45. The molecule has 1 N–H and O–H groups in total. The number of benzene rings is 1. The van der Waals surface area contributed by atoms with Gasteiger partial charge in [0.25, 0.3) is 5.69 Å². The van der Waals surface area contributed by atoms with Gasteiger partial charge in [0.05, 0.1) is 9.82 Å². The minimum Gasteiger partial charge on any atom is -0.364 e. The van der Waals surface area contributed by atoms with Gasteiger partial charge in [-0.25, -0.2) is 13.1 Å². The topological polar surface area (TPSA) is 95.8 Å². The predicted octanol–water partition coefficient (Wildman–Crippen LogP) is 1.03. The number of hydrogen-bond donors (Lipinski definition) is 1. The zero-order valence-corrected chi connectivity index (χ0v) is 14.3. The van der Waals surface area contributed by atoms with Gasteiger partial charge >= 0.3 is 0 Å². The molecule has 1 fully saturated rings. The second-order valence-electron chi connectivity index (χ2n) is 5.82. The van der Waals surface area contributed by atoms with E-state index in [9.17, 15) is 18.5 Å². The summed E-state index contributed by atoms with van der Waals surface area (Å²) in [4.78, 5) is 14.8. The van der Waals surface area contributed by atoms with E-state index in [-0.39, 0.29) is 10.6 Å². The van der Waals surface area contributed by atoms with Gasteiger partial charge in [-0.15, -0.1) is 0 Å². The fourth-order valence-corrected chi connectivity index (χ4v) is 3.55. The Hall–Kier alpha value is -1.71. The van der Waals surface area contributed by atoms with Crippen LogP contribution in [0.4, 0.5) is 11.4 Å². The molecule has 0 amide bonds. The third kappa shape index (κ3) is 3.80. The average Bonchev–Trinajstić information content (AvgIpc) is 2.54. The number of hydrogen-bond acceptors (Lipinski definition) is 6. The zero-order valence-electron chi connectivity index (χ0n) is 13.5. The van der Waals surface area contributed by atoms with Gasteiger partial charge in [-0.1, -0.05) is 0 Å². The monoisotopic (exact) mass is 342 g/mol. The molecule has 1 aromatic carbocycles. The van der Waals surface area contributed by atoms with Gasteiger partial charge in [-0.3, -0.25) is 10.1 Å². The van der Waals surface area contributed by atoms with E-state index in [1.54, 1.807) is 0 Å². The molecule has 1 atom stereocenters. The molecule has 8 nitrogen and oxygen atoms in total. The van der Waals surface area contributed by atoms with Gasteiger partial charge in [-0.2, -0.15) is 0 Å². The van der Waals surface area contributed by atoms with Crippen molar-refractivity contribution in [1.82, 2.24) is 9.62 Å². The molecule has 9 heteroatoms. The SMILES string of the molecule is CNS(=O)(=O)c1ccc(N2CCC[C@@H](N(C)C)C2)c([N+](=O)[O-])c1. The van der Waals surface area contributed by atoms with Crippen molar-refractivity contribution in [3.63, 3.8) is 0 Å². The average molecular weight is 342 g/mol. The van der Waals surface area contributed by atoms with E-state index in [0.717, 1.165) is 25.5 Å². The molecule has 0 bridgehead atoms. The number of likely N-dealkylation sites (N-methyl/N-ethyl adjacent to an activating group) is 1. The molecule has 128 valence electrons. The van der Waals surface area contributed by atoms with Crippen LogP contribution in [0.15, 0.2) is 23.1 Å². The van der Waals surface area contributed by atoms with E-state index in [0.29, 0.717) is 18.3 Å². The van der Waals surface area contributed by atoms with Crippen molar-refractivity contribution in [2.24, 2.45) is 0 Å². The number of rotatable bonds is 5. The van der Waals surface area contributed by atoms with E-state index in [1.807, 2.05) is 19.0 Å². The Morgan fingerprint density at radius 3 is 2.65 bits per heavy atom. The summed E-state index contributed by atoms with van der Waals surface area (Å²) in [6.45, 7) is 1.41. The van der Waals surface area contributed by atoms with Gasteiger partial charge in [0.2, 0.25) is 10.0 Å². The number of piperidine rings is 1. The van der Waals surface area contributed by atoms with Crippen molar-refractivity contribution in [1.29, 1.82) is 0 Å². The molecule has 0 spiro atoms.